The first-order valence-electron chi connectivity index (χ1n) is 5.63. The van der Waals surface area contributed by atoms with E-state index in [1.807, 2.05) is 6.07 Å². The molecule has 0 saturated heterocycles. The third-order valence-electron chi connectivity index (χ3n) is 2.87. The summed E-state index contributed by atoms with van der Waals surface area (Å²) in [6, 6.07) is 8.57. The van der Waals surface area contributed by atoms with Crippen molar-refractivity contribution < 1.29 is 4.79 Å². The van der Waals surface area contributed by atoms with Gasteiger partial charge < -0.3 is 5.32 Å². The van der Waals surface area contributed by atoms with E-state index in [-0.39, 0.29) is 11.3 Å². The molecule has 1 atom stereocenters. The summed E-state index contributed by atoms with van der Waals surface area (Å²) in [6.07, 6.45) is 2.34. The second kappa shape index (κ2) is 5.20. The smallest absolute Gasteiger partial charge is 0.251 e. The van der Waals surface area contributed by atoms with Crippen molar-refractivity contribution in [3.8, 4) is 6.07 Å². The summed E-state index contributed by atoms with van der Waals surface area (Å²) in [5, 5.41) is 11.5. The summed E-state index contributed by atoms with van der Waals surface area (Å²) in [7, 11) is 0. The highest BCUT2D eigenvalue weighted by Gasteiger charge is 2.29. The number of carbonyl (C=O) groups is 1. The predicted octanol–water partition coefficient (Wildman–Crippen LogP) is 2.31. The molecule has 88 valence electrons. The first kappa shape index (κ1) is 11.9. The zero-order valence-corrected chi connectivity index (χ0v) is 10.1. The van der Waals surface area contributed by atoms with E-state index >= 15 is 0 Å². The topological polar surface area (TPSA) is 52.9 Å². The van der Waals surface area contributed by atoms with E-state index in [1.54, 1.807) is 24.3 Å². The van der Waals surface area contributed by atoms with Crippen molar-refractivity contribution in [2.75, 3.05) is 6.54 Å². The Morgan fingerprint density at radius 1 is 1.47 bits per heavy atom. The Bertz CT molecular complexity index is 445. The van der Waals surface area contributed by atoms with Crippen LogP contribution < -0.4 is 5.32 Å². The molecule has 0 spiro atoms. The molecular weight excluding hydrogens is 236 g/mol. The van der Waals surface area contributed by atoms with Crippen LogP contribution >= 0.6 is 11.6 Å². The lowest BCUT2D eigenvalue weighted by atomic mass is 10.1. The maximum absolute atomic E-state index is 11.7. The molecule has 1 aromatic rings. The van der Waals surface area contributed by atoms with Gasteiger partial charge in [-0.1, -0.05) is 0 Å². The summed E-state index contributed by atoms with van der Waals surface area (Å²) in [4.78, 5) is 11.7. The van der Waals surface area contributed by atoms with E-state index < -0.39 is 0 Å². The van der Waals surface area contributed by atoms with Crippen LogP contribution in [0.1, 0.15) is 28.8 Å². The molecule has 2 rings (SSSR count). The highest BCUT2D eigenvalue weighted by Crippen LogP contribution is 2.35. The monoisotopic (exact) mass is 248 g/mol. The quantitative estimate of drug-likeness (QED) is 0.832. The van der Waals surface area contributed by atoms with Crippen LogP contribution in [0.3, 0.4) is 0 Å². The van der Waals surface area contributed by atoms with Gasteiger partial charge in [0.15, 0.2) is 0 Å². The van der Waals surface area contributed by atoms with Gasteiger partial charge in [0.05, 0.1) is 17.0 Å². The Kier molecular flexibility index (Phi) is 3.65. The van der Waals surface area contributed by atoms with Crippen molar-refractivity contribution >= 4 is 17.5 Å². The number of rotatable bonds is 4. The van der Waals surface area contributed by atoms with Crippen LogP contribution in [0.5, 0.6) is 0 Å². The van der Waals surface area contributed by atoms with Gasteiger partial charge in [0.2, 0.25) is 0 Å². The number of alkyl halides is 1. The number of carbonyl (C=O) groups excluding carboxylic acids is 1. The van der Waals surface area contributed by atoms with Crippen LogP contribution in [-0.2, 0) is 0 Å². The number of amides is 1. The number of nitriles is 1. The molecule has 3 nitrogen and oxygen atoms in total. The van der Waals surface area contributed by atoms with Crippen LogP contribution in [0.25, 0.3) is 0 Å². The van der Waals surface area contributed by atoms with Gasteiger partial charge in [0.25, 0.3) is 5.91 Å². The third-order valence-corrected chi connectivity index (χ3v) is 3.38. The van der Waals surface area contributed by atoms with Crippen LogP contribution in [-0.4, -0.2) is 17.8 Å². The first-order valence-corrected chi connectivity index (χ1v) is 6.07. The molecule has 4 heteroatoms. The maximum Gasteiger partial charge on any atom is 0.251 e. The number of nitrogens with one attached hydrogen (secondary N) is 1. The summed E-state index contributed by atoms with van der Waals surface area (Å²) in [5.74, 6) is 0.429. The third kappa shape index (κ3) is 3.21. The predicted molar refractivity (Wildman–Crippen MR) is 65.9 cm³/mol. The molecule has 0 radical (unpaired) electrons. The molecule has 1 fully saturated rings. The van der Waals surface area contributed by atoms with Gasteiger partial charge in [-0.2, -0.15) is 5.26 Å². The number of nitrogens with zero attached hydrogens (tertiary/aromatic N) is 1. The number of halogens is 1. The molecule has 1 aliphatic carbocycles. The van der Waals surface area contributed by atoms with Crippen molar-refractivity contribution in [3.63, 3.8) is 0 Å². The van der Waals surface area contributed by atoms with Gasteiger partial charge >= 0.3 is 0 Å². The minimum absolute atomic E-state index is 0.0392. The van der Waals surface area contributed by atoms with E-state index in [4.69, 9.17) is 16.9 Å². The molecule has 0 heterocycles. The second-order valence-electron chi connectivity index (χ2n) is 4.25. The lowest BCUT2D eigenvalue weighted by molar-refractivity contribution is 0.0953. The summed E-state index contributed by atoms with van der Waals surface area (Å²) in [5.41, 5.74) is 1.11. The fourth-order valence-corrected chi connectivity index (χ4v) is 1.94. The van der Waals surface area contributed by atoms with Crippen LogP contribution in [0, 0.1) is 17.2 Å². The minimum atomic E-state index is -0.138. The lowest BCUT2D eigenvalue weighted by Gasteiger charge is -2.09. The fourth-order valence-electron chi connectivity index (χ4n) is 1.61. The van der Waals surface area contributed by atoms with E-state index in [9.17, 15) is 4.79 Å². The molecule has 17 heavy (non-hydrogen) atoms. The van der Waals surface area contributed by atoms with Gasteiger partial charge in [-0.05, 0) is 43.0 Å². The molecule has 1 saturated carbocycles. The molecule has 0 bridgehead atoms. The molecule has 0 aliphatic heterocycles. The molecule has 1 unspecified atom stereocenters. The van der Waals surface area contributed by atoms with E-state index in [0.29, 0.717) is 23.6 Å². The maximum atomic E-state index is 11.7. The highest BCUT2D eigenvalue weighted by atomic mass is 35.5. The summed E-state index contributed by atoms with van der Waals surface area (Å²) in [6.45, 7) is 0.505. The SMILES string of the molecule is N#Cc1ccc(C(=O)NCC(Cl)C2CC2)cc1. The lowest BCUT2D eigenvalue weighted by Crippen LogP contribution is -2.30. The van der Waals surface area contributed by atoms with Gasteiger partial charge in [-0.3, -0.25) is 4.79 Å². The van der Waals surface area contributed by atoms with Gasteiger partial charge in [0, 0.05) is 12.1 Å². The van der Waals surface area contributed by atoms with Crippen molar-refractivity contribution in [1.82, 2.24) is 5.32 Å². The molecule has 1 aromatic carbocycles. The second-order valence-corrected chi connectivity index (χ2v) is 4.81. The van der Waals surface area contributed by atoms with Gasteiger partial charge in [-0.15, -0.1) is 11.6 Å². The molecule has 0 aromatic heterocycles. The van der Waals surface area contributed by atoms with Crippen LogP contribution in [0.4, 0.5) is 0 Å². The van der Waals surface area contributed by atoms with Gasteiger partial charge in [0.1, 0.15) is 0 Å². The van der Waals surface area contributed by atoms with Crippen molar-refractivity contribution in [2.24, 2.45) is 5.92 Å². The Morgan fingerprint density at radius 3 is 2.65 bits per heavy atom. The van der Waals surface area contributed by atoms with Crippen molar-refractivity contribution in [3.05, 3.63) is 35.4 Å². The zero-order valence-electron chi connectivity index (χ0n) is 9.32. The number of hydrogen-bond acceptors (Lipinski definition) is 2. The van der Waals surface area contributed by atoms with E-state index in [0.717, 1.165) is 0 Å². The Hall–Kier alpha value is -1.53. The normalized spacial score (nSPS) is 16.0. The molecule has 1 amide bonds. The molecular formula is C13H13ClN2O. The zero-order chi connectivity index (χ0) is 12.3. The van der Waals surface area contributed by atoms with Crippen molar-refractivity contribution in [1.29, 1.82) is 5.26 Å². The average Bonchev–Trinajstić information content (AvgIpc) is 3.20. The van der Waals surface area contributed by atoms with Crippen LogP contribution in [0.15, 0.2) is 24.3 Å². The minimum Gasteiger partial charge on any atom is -0.351 e. The highest BCUT2D eigenvalue weighted by molar-refractivity contribution is 6.21. The summed E-state index contributed by atoms with van der Waals surface area (Å²) >= 11 is 6.10. The van der Waals surface area contributed by atoms with E-state index in [1.165, 1.54) is 12.8 Å². The first-order chi connectivity index (χ1) is 8.20. The van der Waals surface area contributed by atoms with E-state index in [2.05, 4.69) is 5.32 Å². The Morgan fingerprint density at radius 2 is 2.12 bits per heavy atom. The van der Waals surface area contributed by atoms with Crippen LogP contribution in [0.2, 0.25) is 0 Å². The van der Waals surface area contributed by atoms with Crippen molar-refractivity contribution in [2.45, 2.75) is 18.2 Å². The fraction of sp³-hybridized carbons (Fsp3) is 0.385. The Labute approximate surface area is 105 Å². The molecule has 1 aliphatic rings. The largest absolute Gasteiger partial charge is 0.351 e. The average molecular weight is 249 g/mol. The Balaban J connectivity index is 1.88. The summed E-state index contributed by atoms with van der Waals surface area (Å²) < 4.78 is 0. The molecule has 1 N–H and O–H groups in total. The standard InChI is InChI=1S/C13H13ClN2O/c14-12(10-5-6-10)8-16-13(17)11-3-1-9(7-15)2-4-11/h1-4,10,12H,5-6,8H2,(H,16,17). The number of hydrogen-bond donors (Lipinski definition) is 1. The number of benzene rings is 1. The van der Waals surface area contributed by atoms with Gasteiger partial charge in [-0.25, -0.2) is 0 Å².